The molecule has 0 aliphatic carbocycles. The molecule has 1 amide bonds. The Balaban J connectivity index is 1.43. The van der Waals surface area contributed by atoms with Crippen LogP contribution in [0.1, 0.15) is 43.7 Å². The molecule has 0 bridgehead atoms. The van der Waals surface area contributed by atoms with Gasteiger partial charge in [-0.25, -0.2) is 8.42 Å². The minimum Gasteiger partial charge on any atom is -0.339 e. The van der Waals surface area contributed by atoms with Crippen molar-refractivity contribution in [1.82, 2.24) is 9.62 Å². The first-order valence-corrected chi connectivity index (χ1v) is 12.0. The van der Waals surface area contributed by atoms with Crippen molar-refractivity contribution in [3.05, 3.63) is 64.7 Å². The van der Waals surface area contributed by atoms with E-state index in [2.05, 4.69) is 9.71 Å². The summed E-state index contributed by atoms with van der Waals surface area (Å²) in [6, 6.07) is 14.4. The number of benzene rings is 2. The van der Waals surface area contributed by atoms with E-state index in [9.17, 15) is 13.2 Å². The van der Waals surface area contributed by atoms with Crippen molar-refractivity contribution in [3.8, 4) is 0 Å². The monoisotopic (exact) mass is 447 g/mol. The van der Waals surface area contributed by atoms with E-state index in [1.165, 1.54) is 0 Å². The lowest BCUT2D eigenvalue weighted by Gasteiger charge is -2.21. The molecule has 160 valence electrons. The first-order valence-electron chi connectivity index (χ1n) is 10.1. The molecular formula is C22H26ClN3O3S. The van der Waals surface area contributed by atoms with Crippen LogP contribution < -0.4 is 4.72 Å². The van der Waals surface area contributed by atoms with Crippen molar-refractivity contribution in [2.75, 3.05) is 13.1 Å². The third-order valence-corrected chi connectivity index (χ3v) is 6.80. The van der Waals surface area contributed by atoms with Crippen LogP contribution in [-0.2, 0) is 21.4 Å². The van der Waals surface area contributed by atoms with Gasteiger partial charge in [0.05, 0.1) is 4.90 Å². The molecule has 3 rings (SSSR count). The summed E-state index contributed by atoms with van der Waals surface area (Å²) in [6.45, 7) is 3.63. The Kier molecular flexibility index (Phi) is 7.50. The molecule has 30 heavy (non-hydrogen) atoms. The van der Waals surface area contributed by atoms with E-state index in [0.29, 0.717) is 42.5 Å². The third kappa shape index (κ3) is 5.40. The summed E-state index contributed by atoms with van der Waals surface area (Å²) >= 11 is 6.20. The predicted octanol–water partition coefficient (Wildman–Crippen LogP) is 3.99. The smallest absolute Gasteiger partial charge is 0.263 e. The van der Waals surface area contributed by atoms with E-state index in [4.69, 9.17) is 11.6 Å². The third-order valence-electron chi connectivity index (χ3n) is 5.03. The molecule has 0 unspecified atom stereocenters. The number of sulfonamides is 1. The maximum Gasteiger partial charge on any atom is 0.263 e. The zero-order valence-corrected chi connectivity index (χ0v) is 18.5. The maximum absolute atomic E-state index is 12.5. The molecule has 0 saturated carbocycles. The average molecular weight is 448 g/mol. The largest absolute Gasteiger partial charge is 0.339 e. The van der Waals surface area contributed by atoms with Gasteiger partial charge >= 0.3 is 0 Å². The van der Waals surface area contributed by atoms with Gasteiger partial charge in [0.25, 0.3) is 10.0 Å². The molecule has 0 saturated heterocycles. The minimum absolute atomic E-state index is 0.112. The summed E-state index contributed by atoms with van der Waals surface area (Å²) in [5.41, 5.74) is 1.57. The van der Waals surface area contributed by atoms with Crippen LogP contribution in [0.3, 0.4) is 0 Å². The topological polar surface area (TPSA) is 78.8 Å². The second kappa shape index (κ2) is 10.1. The quantitative estimate of drug-likeness (QED) is 0.590. The van der Waals surface area contributed by atoms with Gasteiger partial charge in [0.1, 0.15) is 5.84 Å². The number of carbonyl (C=O) groups is 1. The Morgan fingerprint density at radius 1 is 1.07 bits per heavy atom. The number of hydrogen-bond donors (Lipinski definition) is 1. The summed E-state index contributed by atoms with van der Waals surface area (Å²) in [6.07, 6.45) is 2.88. The number of amides is 1. The van der Waals surface area contributed by atoms with Crippen LogP contribution in [0, 0.1) is 0 Å². The Morgan fingerprint density at radius 3 is 2.57 bits per heavy atom. The van der Waals surface area contributed by atoms with E-state index < -0.39 is 10.0 Å². The van der Waals surface area contributed by atoms with Crippen LogP contribution in [0.15, 0.2) is 58.4 Å². The van der Waals surface area contributed by atoms with Crippen LogP contribution in [-0.4, -0.2) is 38.2 Å². The van der Waals surface area contributed by atoms with Gasteiger partial charge in [0, 0.05) is 36.6 Å². The summed E-state index contributed by atoms with van der Waals surface area (Å²) in [4.78, 5) is 19.0. The van der Waals surface area contributed by atoms with Crippen LogP contribution in [0.5, 0.6) is 0 Å². The Bertz CT molecular complexity index is 1040. The lowest BCUT2D eigenvalue weighted by Crippen LogP contribution is -2.30. The Labute approximate surface area is 183 Å². The normalized spacial score (nSPS) is 15.6. The lowest BCUT2D eigenvalue weighted by atomic mass is 10.1. The highest BCUT2D eigenvalue weighted by molar-refractivity contribution is 7.90. The minimum atomic E-state index is -3.50. The lowest BCUT2D eigenvalue weighted by molar-refractivity contribution is -0.131. The maximum atomic E-state index is 12.5. The van der Waals surface area contributed by atoms with Gasteiger partial charge < -0.3 is 4.90 Å². The van der Waals surface area contributed by atoms with Crippen LogP contribution >= 0.6 is 11.6 Å². The molecular weight excluding hydrogens is 422 g/mol. The number of nitrogens with one attached hydrogen (secondary N) is 1. The molecule has 1 heterocycles. The van der Waals surface area contributed by atoms with Crippen molar-refractivity contribution < 1.29 is 13.2 Å². The molecule has 1 aliphatic rings. The fraction of sp³-hybridized carbons (Fsp3) is 0.364. The standard InChI is InChI=1S/C22H26ClN3O3S/c1-2-26(16-17-10-5-7-12-19(17)23)21(27)14-4-3-9-15-24-22-18-11-6-8-13-20(18)30(28,29)25-22/h5-8,10-13H,2-4,9,14-16H2,1H3,(H,24,25). The molecule has 6 nitrogen and oxygen atoms in total. The van der Waals surface area contributed by atoms with Crippen LogP contribution in [0.2, 0.25) is 5.02 Å². The highest BCUT2D eigenvalue weighted by atomic mass is 35.5. The van der Waals surface area contributed by atoms with Gasteiger partial charge in [0.2, 0.25) is 5.91 Å². The highest BCUT2D eigenvalue weighted by Crippen LogP contribution is 2.22. The first kappa shape index (κ1) is 22.3. The molecule has 0 spiro atoms. The van der Waals surface area contributed by atoms with Gasteiger partial charge in [-0.05, 0) is 43.5 Å². The number of aliphatic imine (C=N–C) groups is 1. The van der Waals surface area contributed by atoms with Gasteiger partial charge in [0.15, 0.2) is 0 Å². The van der Waals surface area contributed by atoms with Gasteiger partial charge in [-0.3, -0.25) is 14.5 Å². The SMILES string of the molecule is CCN(Cc1ccccc1Cl)C(=O)CCCCCN=C1NS(=O)(=O)c2ccccc21. The molecule has 0 radical (unpaired) electrons. The van der Waals surface area contributed by atoms with E-state index in [0.717, 1.165) is 24.8 Å². The van der Waals surface area contributed by atoms with Crippen molar-refractivity contribution in [1.29, 1.82) is 0 Å². The number of carbonyl (C=O) groups excluding carboxylic acids is 1. The van der Waals surface area contributed by atoms with E-state index >= 15 is 0 Å². The number of rotatable bonds is 9. The number of nitrogens with zero attached hydrogens (tertiary/aromatic N) is 2. The van der Waals surface area contributed by atoms with E-state index in [-0.39, 0.29) is 10.8 Å². The number of halogens is 1. The fourth-order valence-corrected chi connectivity index (χ4v) is 4.82. The summed E-state index contributed by atoms with van der Waals surface area (Å²) in [5.74, 6) is 0.514. The second-order valence-electron chi connectivity index (χ2n) is 7.14. The van der Waals surface area contributed by atoms with Crippen molar-refractivity contribution >= 4 is 33.4 Å². The van der Waals surface area contributed by atoms with Crippen LogP contribution in [0.4, 0.5) is 0 Å². The Morgan fingerprint density at radius 2 is 1.80 bits per heavy atom. The molecule has 0 fully saturated rings. The van der Waals surface area contributed by atoms with Gasteiger partial charge in [-0.15, -0.1) is 0 Å². The molecule has 0 aromatic heterocycles. The van der Waals surface area contributed by atoms with Gasteiger partial charge in [-0.2, -0.15) is 0 Å². The zero-order valence-electron chi connectivity index (χ0n) is 17.0. The molecule has 2 aromatic carbocycles. The number of hydrogen-bond acceptors (Lipinski definition) is 4. The number of unbranched alkanes of at least 4 members (excludes halogenated alkanes) is 2. The summed E-state index contributed by atoms with van der Waals surface area (Å²) in [7, 11) is -3.50. The molecule has 1 aliphatic heterocycles. The zero-order chi connectivity index (χ0) is 21.6. The fourth-order valence-electron chi connectivity index (χ4n) is 3.37. The predicted molar refractivity (Wildman–Crippen MR) is 119 cm³/mol. The molecule has 2 aromatic rings. The Hall–Kier alpha value is -2.38. The average Bonchev–Trinajstić information content (AvgIpc) is 3.00. The molecule has 0 atom stereocenters. The summed E-state index contributed by atoms with van der Waals surface area (Å²) in [5, 5.41) is 0.673. The number of fused-ring (bicyclic) bond motifs is 1. The first-order chi connectivity index (χ1) is 14.4. The van der Waals surface area contributed by atoms with Crippen molar-refractivity contribution in [3.63, 3.8) is 0 Å². The molecule has 1 N–H and O–H groups in total. The summed E-state index contributed by atoms with van der Waals surface area (Å²) < 4.78 is 26.7. The van der Waals surface area contributed by atoms with Crippen molar-refractivity contribution in [2.45, 2.75) is 44.0 Å². The van der Waals surface area contributed by atoms with Gasteiger partial charge in [-0.1, -0.05) is 48.4 Å². The highest BCUT2D eigenvalue weighted by Gasteiger charge is 2.29. The second-order valence-corrected chi connectivity index (χ2v) is 9.20. The van der Waals surface area contributed by atoms with E-state index in [1.54, 1.807) is 24.3 Å². The molecule has 8 heteroatoms. The van der Waals surface area contributed by atoms with Crippen LogP contribution in [0.25, 0.3) is 0 Å². The van der Waals surface area contributed by atoms with Crippen molar-refractivity contribution in [2.24, 2.45) is 4.99 Å². The number of amidine groups is 1. The van der Waals surface area contributed by atoms with E-state index in [1.807, 2.05) is 36.1 Å².